The molecule has 0 radical (unpaired) electrons. The van der Waals surface area contributed by atoms with Gasteiger partial charge in [0.2, 0.25) is 16.4 Å². The Morgan fingerprint density at radius 2 is 1.79 bits per heavy atom. The number of carbonyl (C=O) groups is 1. The first-order valence-corrected chi connectivity index (χ1v) is 9.03. The van der Waals surface area contributed by atoms with E-state index in [-0.39, 0.29) is 28.8 Å². The lowest BCUT2D eigenvalue weighted by Crippen LogP contribution is -2.22. The second-order valence-corrected chi connectivity index (χ2v) is 6.75. The summed E-state index contributed by atoms with van der Waals surface area (Å²) in [6.45, 7) is 0. The van der Waals surface area contributed by atoms with Crippen LogP contribution in [-0.4, -0.2) is 34.3 Å². The first-order valence-electron chi connectivity index (χ1n) is 7.49. The number of nitrogens with two attached hydrogens (primary N) is 1. The maximum atomic E-state index is 13.3. The number of ether oxygens (including phenoxy) is 1. The normalized spacial score (nSPS) is 10.7. The molecule has 0 bridgehead atoms. The summed E-state index contributed by atoms with van der Waals surface area (Å²) in [6, 6.07) is 11.0. The van der Waals surface area contributed by atoms with Crippen LogP contribution >= 0.6 is 0 Å². The van der Waals surface area contributed by atoms with Crippen LogP contribution in [0.4, 0.5) is 4.39 Å². The van der Waals surface area contributed by atoms with Gasteiger partial charge < -0.3 is 9.84 Å². The molecule has 28 heavy (non-hydrogen) atoms. The summed E-state index contributed by atoms with van der Waals surface area (Å²) in [5, 5.41) is 17.3. The minimum Gasteiger partial charge on any atom is -0.507 e. The van der Waals surface area contributed by atoms with Crippen LogP contribution in [0, 0.1) is 5.82 Å². The van der Waals surface area contributed by atoms with Gasteiger partial charge in [0.05, 0.1) is 0 Å². The van der Waals surface area contributed by atoms with Crippen molar-refractivity contribution in [1.82, 2.24) is 14.3 Å². The van der Waals surface area contributed by atoms with E-state index in [4.69, 9.17) is 15.0 Å². The van der Waals surface area contributed by atoms with Crippen LogP contribution in [0.15, 0.2) is 58.2 Å². The van der Waals surface area contributed by atoms with Crippen LogP contribution in [0.5, 0.6) is 17.5 Å². The molecule has 3 rings (SSSR count). The third kappa shape index (κ3) is 4.81. The number of rotatable bonds is 4. The Hall–Kier alpha value is -3.51. The Bertz CT molecular complexity index is 1160. The molecular weight excluding hydrogens is 395 g/mol. The van der Waals surface area contributed by atoms with Crippen LogP contribution in [0.2, 0.25) is 0 Å². The molecular formula is C16H15FN4O6S. The average Bonchev–Trinajstić information content (AvgIpc) is 2.91. The zero-order valence-corrected chi connectivity index (χ0v) is 15.2. The molecule has 2 aromatic carbocycles. The topological polar surface area (TPSA) is 147 Å². The maximum Gasteiger partial charge on any atom is 0.355 e. The van der Waals surface area contributed by atoms with Crippen molar-refractivity contribution in [2.75, 3.05) is 0 Å². The van der Waals surface area contributed by atoms with Crippen molar-refractivity contribution in [1.29, 1.82) is 0 Å². The summed E-state index contributed by atoms with van der Waals surface area (Å²) >= 11 is 0. The average molecular weight is 410 g/mol. The van der Waals surface area contributed by atoms with Gasteiger partial charge in [-0.3, -0.25) is 4.79 Å². The largest absolute Gasteiger partial charge is 0.507 e. The number of benzene rings is 2. The van der Waals surface area contributed by atoms with Gasteiger partial charge in [-0.2, -0.15) is 0 Å². The Morgan fingerprint density at radius 3 is 2.29 bits per heavy atom. The van der Waals surface area contributed by atoms with E-state index in [1.807, 2.05) is 0 Å². The van der Waals surface area contributed by atoms with E-state index in [0.29, 0.717) is 4.68 Å². The highest BCUT2D eigenvalue weighted by molar-refractivity contribution is 7.89. The summed E-state index contributed by atoms with van der Waals surface area (Å²) < 4.78 is 41.3. The first-order chi connectivity index (χ1) is 13.1. The third-order valence-electron chi connectivity index (χ3n) is 3.27. The van der Waals surface area contributed by atoms with E-state index in [2.05, 4.69) is 5.10 Å². The Labute approximate surface area is 158 Å². The second-order valence-electron chi connectivity index (χ2n) is 5.22. The zero-order valence-electron chi connectivity index (χ0n) is 14.4. The molecule has 1 heterocycles. The first kappa shape index (κ1) is 20.8. The minimum atomic E-state index is -3.78. The molecule has 1 aromatic heterocycles. The van der Waals surface area contributed by atoms with Crippen molar-refractivity contribution < 1.29 is 27.4 Å². The number of aromatic nitrogens is 3. The lowest BCUT2D eigenvalue weighted by Gasteiger charge is -2.03. The highest BCUT2D eigenvalue weighted by Gasteiger charge is 2.13. The Morgan fingerprint density at radius 1 is 1.18 bits per heavy atom. The molecule has 10 nitrogen and oxygen atoms in total. The Balaban J connectivity index is 0.000000221. The molecule has 148 valence electrons. The summed E-state index contributed by atoms with van der Waals surface area (Å²) in [7, 11) is -2.42. The van der Waals surface area contributed by atoms with E-state index < -0.39 is 21.5 Å². The van der Waals surface area contributed by atoms with Gasteiger partial charge in [-0.05, 0) is 24.3 Å². The lowest BCUT2D eigenvalue weighted by atomic mass is 10.3. The molecule has 0 fully saturated rings. The molecule has 0 saturated carbocycles. The van der Waals surface area contributed by atoms with Gasteiger partial charge in [-0.1, -0.05) is 24.3 Å². The number of sulfonamides is 1. The number of halogens is 1. The molecule has 0 saturated heterocycles. The van der Waals surface area contributed by atoms with Crippen molar-refractivity contribution in [2.24, 2.45) is 12.2 Å². The van der Waals surface area contributed by atoms with Crippen LogP contribution < -0.4 is 15.6 Å². The van der Waals surface area contributed by atoms with Crippen LogP contribution in [-0.2, 0) is 21.9 Å². The van der Waals surface area contributed by atoms with Crippen molar-refractivity contribution in [2.45, 2.75) is 4.90 Å². The van der Waals surface area contributed by atoms with Gasteiger partial charge in [-0.25, -0.2) is 27.3 Å². The molecule has 3 aromatic rings. The number of nitrogens with zero attached hydrogens (tertiary/aromatic N) is 3. The summed E-state index contributed by atoms with van der Waals surface area (Å²) in [5.41, 5.74) is -0.661. The van der Waals surface area contributed by atoms with E-state index in [9.17, 15) is 22.4 Å². The summed E-state index contributed by atoms with van der Waals surface area (Å²) in [5.74, 6) is -0.978. The van der Waals surface area contributed by atoms with Gasteiger partial charge in [0.25, 0.3) is 0 Å². The van der Waals surface area contributed by atoms with E-state index in [0.717, 1.165) is 4.57 Å². The highest BCUT2D eigenvalue weighted by Crippen LogP contribution is 2.21. The number of aromatic hydroxyl groups is 1. The van der Waals surface area contributed by atoms with Gasteiger partial charge in [0, 0.05) is 7.05 Å². The van der Waals surface area contributed by atoms with Crippen molar-refractivity contribution in [3.05, 3.63) is 64.8 Å². The fourth-order valence-electron chi connectivity index (χ4n) is 1.92. The van der Waals surface area contributed by atoms with Crippen LogP contribution in [0.25, 0.3) is 0 Å². The number of phenols is 1. The molecule has 0 aliphatic rings. The smallest absolute Gasteiger partial charge is 0.355 e. The molecule has 0 atom stereocenters. The fourth-order valence-corrected chi connectivity index (χ4v) is 2.55. The monoisotopic (exact) mass is 410 g/mol. The van der Waals surface area contributed by atoms with E-state index >= 15 is 0 Å². The van der Waals surface area contributed by atoms with Gasteiger partial charge >= 0.3 is 11.7 Å². The van der Waals surface area contributed by atoms with Crippen LogP contribution in [0.1, 0.15) is 0 Å². The molecule has 0 unspecified atom stereocenters. The van der Waals surface area contributed by atoms with Crippen molar-refractivity contribution in [3.8, 4) is 17.5 Å². The minimum absolute atomic E-state index is 0.0707. The van der Waals surface area contributed by atoms with E-state index in [1.54, 1.807) is 6.07 Å². The predicted molar refractivity (Wildman–Crippen MR) is 95.6 cm³/mol. The van der Waals surface area contributed by atoms with Crippen LogP contribution in [0.3, 0.4) is 0 Å². The molecule has 0 spiro atoms. The number of para-hydroxylation sites is 2. The molecule has 0 amide bonds. The fraction of sp³-hybridized carbons (Fsp3) is 0.0625. The lowest BCUT2D eigenvalue weighted by molar-refractivity contribution is 0.394. The molecule has 0 aliphatic carbocycles. The highest BCUT2D eigenvalue weighted by atomic mass is 32.2. The SMILES string of the molecule is Cn1c(Oc2ccccc2F)nn(C=O)c1=O.NS(=O)(=O)c1ccccc1O. The Kier molecular flexibility index (Phi) is 6.28. The van der Waals surface area contributed by atoms with Gasteiger partial charge in [0.1, 0.15) is 10.6 Å². The number of carbonyl (C=O) groups excluding carboxylic acids is 1. The van der Waals surface area contributed by atoms with Crippen molar-refractivity contribution in [3.63, 3.8) is 0 Å². The molecule has 0 aliphatic heterocycles. The molecule has 3 N–H and O–H groups in total. The number of hydrogen-bond donors (Lipinski definition) is 2. The quantitative estimate of drug-likeness (QED) is 0.598. The summed E-state index contributed by atoms with van der Waals surface area (Å²) in [4.78, 5) is 21.6. The van der Waals surface area contributed by atoms with Gasteiger partial charge in [0.15, 0.2) is 11.6 Å². The predicted octanol–water partition coefficient (Wildman–Crippen LogP) is 0.591. The summed E-state index contributed by atoms with van der Waals surface area (Å²) in [6.07, 6.45) is 0.247. The number of hydrogen-bond acceptors (Lipinski definition) is 7. The van der Waals surface area contributed by atoms with E-state index in [1.165, 1.54) is 49.5 Å². The molecule has 12 heteroatoms. The standard InChI is InChI=1S/C10H8FN3O3.C6H7NO3S/c1-13-9(12-14(6-15)10(13)16)17-8-5-3-2-4-7(8)11;7-11(9,10)6-4-2-1-3-5(6)8/h2-6H,1H3;1-4,8H,(H2,7,9,10). The van der Waals surface area contributed by atoms with Crippen molar-refractivity contribution >= 4 is 16.4 Å². The maximum absolute atomic E-state index is 13.3. The number of primary sulfonamides is 1. The van der Waals surface area contributed by atoms with Gasteiger partial charge in [-0.15, -0.1) is 9.78 Å². The second kappa shape index (κ2) is 8.45. The zero-order chi connectivity index (χ0) is 20.9. The third-order valence-corrected chi connectivity index (χ3v) is 4.23. The number of phenolic OH excluding ortho intramolecular Hbond substituents is 1.